The van der Waals surface area contributed by atoms with Crippen LogP contribution < -0.4 is 10.9 Å². The Morgan fingerprint density at radius 1 is 0.829 bits per heavy atom. The second kappa shape index (κ2) is 12.1. The quantitative estimate of drug-likeness (QED) is 0.438. The predicted molar refractivity (Wildman–Crippen MR) is 156 cm³/mol. The maximum Gasteiger partial charge on any atom is 0.308 e. The molecular formula is C31H43N5O5. The van der Waals surface area contributed by atoms with E-state index in [4.69, 9.17) is 0 Å². The summed E-state index contributed by atoms with van der Waals surface area (Å²) in [6.45, 7) is 1.19. The molecule has 0 spiro atoms. The molecule has 6 rings (SSSR count). The molecule has 0 amide bonds. The van der Waals surface area contributed by atoms with Crippen LogP contribution in [-0.4, -0.2) is 85.8 Å². The molecule has 5 atom stereocenters. The van der Waals surface area contributed by atoms with Crippen molar-refractivity contribution in [2.24, 2.45) is 11.8 Å². The Kier molecular flexibility index (Phi) is 8.30. The predicted octanol–water partition coefficient (Wildman–Crippen LogP) is 3.81. The zero-order valence-electron chi connectivity index (χ0n) is 23.8. The molecule has 1 aromatic carbocycles. The van der Waals surface area contributed by atoms with Gasteiger partial charge in [0.25, 0.3) is 5.56 Å². The summed E-state index contributed by atoms with van der Waals surface area (Å²) in [5.74, 6) is -3.70. The molecule has 4 fully saturated rings. The van der Waals surface area contributed by atoms with Gasteiger partial charge in [-0.15, -0.1) is 0 Å². The van der Waals surface area contributed by atoms with E-state index in [2.05, 4.69) is 15.2 Å². The summed E-state index contributed by atoms with van der Waals surface area (Å²) in [6, 6.07) is 9.72. The summed E-state index contributed by atoms with van der Waals surface area (Å²) in [5.41, 5.74) is 1.54. The molecule has 1 aliphatic carbocycles. The van der Waals surface area contributed by atoms with Gasteiger partial charge in [0.2, 0.25) is 0 Å². The van der Waals surface area contributed by atoms with Crippen molar-refractivity contribution in [3.8, 4) is 0 Å². The summed E-state index contributed by atoms with van der Waals surface area (Å²) in [5, 5.41) is 22.1. The average Bonchev–Trinajstić information content (AvgIpc) is 3.47. The number of rotatable bonds is 8. The standard InChI is InChI=1S/C31H43N5O5/c37-29-28(32-14-15-34-18-24(30(38)39)25(19-34)31(40)41)33-26-10-6-7-11-27(26)36(29)23-16-21-12-13-22(17-23)35(21)20-8-4-2-1-3-5-9-20/h6-7,10-11,20-25H,1-5,8-9,12-19H2,(H,32,33)(H,38,39)(H,40,41)/t21-,22?,23+,24+,25+/m0/s1. The van der Waals surface area contributed by atoms with E-state index in [1.165, 1.54) is 57.8 Å². The summed E-state index contributed by atoms with van der Waals surface area (Å²) < 4.78 is 1.99. The van der Waals surface area contributed by atoms with E-state index in [0.717, 1.165) is 23.9 Å². The molecule has 41 heavy (non-hydrogen) atoms. The van der Waals surface area contributed by atoms with Crippen molar-refractivity contribution in [1.82, 2.24) is 19.4 Å². The Morgan fingerprint density at radius 3 is 2.07 bits per heavy atom. The number of carboxylic acid groups (broad SMARTS) is 2. The lowest BCUT2D eigenvalue weighted by molar-refractivity contribution is -0.151. The van der Waals surface area contributed by atoms with Gasteiger partial charge in [-0.2, -0.15) is 0 Å². The first-order valence-corrected chi connectivity index (χ1v) is 15.6. The van der Waals surface area contributed by atoms with E-state index in [1.54, 1.807) is 0 Å². The highest BCUT2D eigenvalue weighted by Crippen LogP contribution is 2.44. The van der Waals surface area contributed by atoms with E-state index in [1.807, 2.05) is 33.7 Å². The van der Waals surface area contributed by atoms with E-state index >= 15 is 0 Å². The highest BCUT2D eigenvalue weighted by atomic mass is 16.4. The van der Waals surface area contributed by atoms with Gasteiger partial charge in [0, 0.05) is 50.3 Å². The van der Waals surface area contributed by atoms with Crippen LogP contribution in [0.15, 0.2) is 29.1 Å². The van der Waals surface area contributed by atoms with Crippen LogP contribution >= 0.6 is 0 Å². The second-order valence-corrected chi connectivity index (χ2v) is 12.7. The summed E-state index contributed by atoms with van der Waals surface area (Å²) >= 11 is 0. The first-order chi connectivity index (χ1) is 19.9. The number of nitrogens with one attached hydrogen (secondary N) is 1. The van der Waals surface area contributed by atoms with Crippen LogP contribution in [0.3, 0.4) is 0 Å². The van der Waals surface area contributed by atoms with Crippen molar-refractivity contribution in [2.45, 2.75) is 94.8 Å². The smallest absolute Gasteiger partial charge is 0.308 e. The molecule has 0 radical (unpaired) electrons. The van der Waals surface area contributed by atoms with Crippen LogP contribution in [0.4, 0.5) is 5.82 Å². The topological polar surface area (TPSA) is 128 Å². The van der Waals surface area contributed by atoms with E-state index in [-0.39, 0.29) is 24.7 Å². The van der Waals surface area contributed by atoms with Crippen molar-refractivity contribution >= 4 is 28.8 Å². The number of aromatic nitrogens is 2. The van der Waals surface area contributed by atoms with Crippen LogP contribution in [-0.2, 0) is 9.59 Å². The number of nitrogens with zero attached hydrogens (tertiary/aromatic N) is 4. The molecule has 3 aliphatic heterocycles. The van der Waals surface area contributed by atoms with Gasteiger partial charge in [-0.25, -0.2) is 4.98 Å². The molecule has 10 nitrogen and oxygen atoms in total. The summed E-state index contributed by atoms with van der Waals surface area (Å²) in [4.78, 5) is 46.4. The summed E-state index contributed by atoms with van der Waals surface area (Å²) in [6.07, 6.45) is 13.8. The maximum absolute atomic E-state index is 13.9. The number of likely N-dealkylation sites (tertiary alicyclic amines) is 1. The Morgan fingerprint density at radius 2 is 1.44 bits per heavy atom. The zero-order valence-corrected chi connectivity index (χ0v) is 23.8. The summed E-state index contributed by atoms with van der Waals surface area (Å²) in [7, 11) is 0. The highest BCUT2D eigenvalue weighted by Gasteiger charge is 2.45. The molecular weight excluding hydrogens is 522 g/mol. The maximum atomic E-state index is 13.9. The minimum Gasteiger partial charge on any atom is -0.481 e. The minimum atomic E-state index is -1.08. The third-order valence-electron chi connectivity index (χ3n) is 10.2. The molecule has 4 heterocycles. The van der Waals surface area contributed by atoms with Crippen molar-refractivity contribution < 1.29 is 19.8 Å². The van der Waals surface area contributed by atoms with Crippen molar-refractivity contribution in [1.29, 1.82) is 0 Å². The number of carboxylic acids is 2. The number of fused-ring (bicyclic) bond motifs is 3. The fourth-order valence-corrected chi connectivity index (χ4v) is 8.26. The monoisotopic (exact) mass is 565 g/mol. The van der Waals surface area contributed by atoms with E-state index in [9.17, 15) is 24.6 Å². The third kappa shape index (κ3) is 5.73. The number of anilines is 1. The van der Waals surface area contributed by atoms with Crippen LogP contribution in [0.5, 0.6) is 0 Å². The average molecular weight is 566 g/mol. The first kappa shape index (κ1) is 28.2. The van der Waals surface area contributed by atoms with Gasteiger partial charge in [0.15, 0.2) is 5.82 Å². The fraction of sp³-hybridized carbons (Fsp3) is 0.677. The lowest BCUT2D eigenvalue weighted by atomic mass is 9.89. The van der Waals surface area contributed by atoms with Crippen molar-refractivity contribution in [3.05, 3.63) is 34.6 Å². The molecule has 1 unspecified atom stereocenters. The number of benzene rings is 1. The molecule has 2 bridgehead atoms. The van der Waals surface area contributed by atoms with Gasteiger partial charge >= 0.3 is 11.9 Å². The molecule has 3 N–H and O–H groups in total. The molecule has 3 saturated heterocycles. The van der Waals surface area contributed by atoms with Crippen molar-refractivity contribution in [3.63, 3.8) is 0 Å². The van der Waals surface area contributed by atoms with E-state index in [0.29, 0.717) is 37.0 Å². The molecule has 1 aromatic heterocycles. The fourth-order valence-electron chi connectivity index (χ4n) is 8.26. The molecule has 2 aromatic rings. The number of carbonyl (C=O) groups is 2. The first-order valence-electron chi connectivity index (χ1n) is 15.6. The number of para-hydroxylation sites is 2. The van der Waals surface area contributed by atoms with Gasteiger partial charge in [-0.1, -0.05) is 44.2 Å². The van der Waals surface area contributed by atoms with Crippen LogP contribution in [0.1, 0.15) is 76.7 Å². The molecule has 10 heteroatoms. The van der Waals surface area contributed by atoms with Crippen molar-refractivity contribution in [2.75, 3.05) is 31.5 Å². The van der Waals surface area contributed by atoms with Gasteiger partial charge in [0.05, 0.1) is 22.9 Å². The van der Waals surface area contributed by atoms with Gasteiger partial charge in [-0.05, 0) is 50.7 Å². The molecule has 222 valence electrons. The molecule has 1 saturated carbocycles. The Hall–Kier alpha value is -2.98. The Labute approximate surface area is 240 Å². The normalized spacial score (nSPS) is 29.8. The van der Waals surface area contributed by atoms with Crippen LogP contribution in [0, 0.1) is 11.8 Å². The highest BCUT2D eigenvalue weighted by molar-refractivity contribution is 5.81. The number of hydrogen-bond acceptors (Lipinski definition) is 7. The van der Waals surface area contributed by atoms with Crippen LogP contribution in [0.2, 0.25) is 0 Å². The van der Waals surface area contributed by atoms with Gasteiger partial charge < -0.3 is 20.1 Å². The molecule has 4 aliphatic rings. The van der Waals surface area contributed by atoms with Crippen LogP contribution in [0.25, 0.3) is 11.0 Å². The van der Waals surface area contributed by atoms with E-state index < -0.39 is 23.8 Å². The lowest BCUT2D eigenvalue weighted by Crippen LogP contribution is -2.50. The van der Waals surface area contributed by atoms with Gasteiger partial charge in [-0.3, -0.25) is 24.2 Å². The largest absolute Gasteiger partial charge is 0.481 e. The minimum absolute atomic E-state index is 0.110. The zero-order chi connectivity index (χ0) is 28.5. The second-order valence-electron chi connectivity index (χ2n) is 12.7. The number of aliphatic carboxylic acids is 2. The Balaban J connectivity index is 1.18. The van der Waals surface area contributed by atoms with Gasteiger partial charge in [0.1, 0.15) is 0 Å². The number of hydrogen-bond donors (Lipinski definition) is 3. The SMILES string of the molecule is O=C(O)[C@@H]1CN(CCNc2nc3ccccc3n([C@H]3CC4CC[C@@H](C3)N4C3CCCCCCC3)c2=O)C[C@H]1C(=O)O. The third-order valence-corrected chi connectivity index (χ3v) is 10.2. The number of piperidine rings is 1. The Bertz CT molecular complexity index is 1290. The lowest BCUT2D eigenvalue weighted by Gasteiger charge is -2.45.